The van der Waals surface area contributed by atoms with Crippen molar-refractivity contribution < 1.29 is 18.8 Å². The summed E-state index contributed by atoms with van der Waals surface area (Å²) in [6.07, 6.45) is 0. The summed E-state index contributed by atoms with van der Waals surface area (Å²) in [4.78, 5) is 31.9. The number of carbonyl (C=O) groups excluding carboxylic acids is 1. The second-order valence-corrected chi connectivity index (χ2v) is 5.71. The Morgan fingerprint density at radius 2 is 1.86 bits per heavy atom. The molecule has 0 atom stereocenters. The number of rotatable bonds is 5. The lowest BCUT2D eigenvalue weighted by atomic mass is 10.2. The van der Waals surface area contributed by atoms with Crippen molar-refractivity contribution >= 4 is 14.9 Å². The van der Waals surface area contributed by atoms with Crippen LogP contribution in [0.4, 0.5) is 0 Å². The average Bonchev–Trinajstić information content (AvgIpc) is 2.00. The van der Waals surface area contributed by atoms with E-state index in [-0.39, 0.29) is 18.4 Å². The topological polar surface area (TPSA) is 78.8 Å². The van der Waals surface area contributed by atoms with Crippen LogP contribution in [0, 0.1) is 11.8 Å². The van der Waals surface area contributed by atoms with Crippen molar-refractivity contribution in [1.82, 2.24) is 4.98 Å². The molecule has 5 nitrogen and oxygen atoms in total. The molecule has 0 radical (unpaired) electrons. The van der Waals surface area contributed by atoms with Crippen molar-refractivity contribution in [1.29, 1.82) is 0 Å². The van der Waals surface area contributed by atoms with Crippen molar-refractivity contribution in [2.45, 2.75) is 27.7 Å². The predicted molar refractivity (Wildman–Crippen MR) is 54.0 cm³/mol. The molecule has 0 rings (SSSR count). The van der Waals surface area contributed by atoms with Gasteiger partial charge in [-0.15, -0.1) is 0 Å². The van der Waals surface area contributed by atoms with Gasteiger partial charge in [-0.2, -0.15) is 0 Å². The first kappa shape index (κ1) is 13.6. The Labute approximate surface area is 85.5 Å². The normalized spacial score (nSPS) is 12.3. The molecule has 0 aliphatic rings. The van der Waals surface area contributed by atoms with Crippen LogP contribution in [0.3, 0.4) is 0 Å². The molecule has 0 bridgehead atoms. The molecule has 6 heteroatoms. The van der Waals surface area contributed by atoms with E-state index in [4.69, 9.17) is 4.43 Å². The summed E-state index contributed by atoms with van der Waals surface area (Å²) >= 11 is 0. The van der Waals surface area contributed by atoms with E-state index >= 15 is 0 Å². The zero-order valence-corrected chi connectivity index (χ0v) is 10.1. The maximum atomic E-state index is 11.1. The standard InChI is InChI=1S/C8H19NO4Si/c1-6(2)5-13-14(11,12)9-8(10)7(3)4/h6-7,11-12H,5H2,1-4H3,(H,9,10). The monoisotopic (exact) mass is 221 g/mol. The Morgan fingerprint density at radius 3 is 2.21 bits per heavy atom. The van der Waals surface area contributed by atoms with Gasteiger partial charge in [-0.1, -0.05) is 27.7 Å². The van der Waals surface area contributed by atoms with Crippen molar-refractivity contribution in [3.8, 4) is 0 Å². The van der Waals surface area contributed by atoms with E-state index in [0.717, 1.165) is 0 Å². The first-order valence-corrected chi connectivity index (χ1v) is 6.45. The third kappa shape index (κ3) is 6.09. The maximum Gasteiger partial charge on any atom is 0.627 e. The van der Waals surface area contributed by atoms with Gasteiger partial charge in [0.25, 0.3) is 0 Å². The van der Waals surface area contributed by atoms with Crippen molar-refractivity contribution in [3.63, 3.8) is 0 Å². The molecular formula is C8H19NO4Si. The molecule has 3 N–H and O–H groups in total. The molecule has 0 aromatic rings. The Balaban J connectivity index is 4.00. The summed E-state index contributed by atoms with van der Waals surface area (Å²) in [5, 5.41) is 0. The van der Waals surface area contributed by atoms with Crippen LogP contribution < -0.4 is 4.98 Å². The van der Waals surface area contributed by atoms with E-state index < -0.39 is 14.9 Å². The summed E-state index contributed by atoms with van der Waals surface area (Å²) < 4.78 is 4.83. The molecule has 0 fully saturated rings. The zero-order chi connectivity index (χ0) is 11.4. The Morgan fingerprint density at radius 1 is 1.36 bits per heavy atom. The third-order valence-corrected chi connectivity index (χ3v) is 2.57. The Kier molecular flexibility index (Phi) is 5.28. The first-order chi connectivity index (χ1) is 6.24. The van der Waals surface area contributed by atoms with E-state index in [0.29, 0.717) is 0 Å². The van der Waals surface area contributed by atoms with Gasteiger partial charge in [0.2, 0.25) is 5.91 Å². The minimum atomic E-state index is -3.99. The molecular weight excluding hydrogens is 202 g/mol. The smallest absolute Gasteiger partial charge is 0.373 e. The molecule has 0 saturated carbocycles. The van der Waals surface area contributed by atoms with Gasteiger partial charge < -0.3 is 19.0 Å². The van der Waals surface area contributed by atoms with Gasteiger partial charge in [0.05, 0.1) is 0 Å². The second kappa shape index (κ2) is 5.45. The van der Waals surface area contributed by atoms with Crippen molar-refractivity contribution in [2.75, 3.05) is 6.61 Å². The number of nitrogens with one attached hydrogen (secondary N) is 1. The molecule has 1 amide bonds. The number of amides is 1. The molecule has 84 valence electrons. The van der Waals surface area contributed by atoms with Gasteiger partial charge in [-0.25, -0.2) is 0 Å². The minimum absolute atomic E-state index is 0.192. The highest BCUT2D eigenvalue weighted by molar-refractivity contribution is 6.57. The summed E-state index contributed by atoms with van der Waals surface area (Å²) in [6, 6.07) is 0. The van der Waals surface area contributed by atoms with Crippen molar-refractivity contribution in [3.05, 3.63) is 0 Å². The van der Waals surface area contributed by atoms with Crippen molar-refractivity contribution in [2.24, 2.45) is 11.8 Å². The van der Waals surface area contributed by atoms with Gasteiger partial charge in [0.15, 0.2) is 0 Å². The summed E-state index contributed by atoms with van der Waals surface area (Å²) in [6.45, 7) is 7.33. The van der Waals surface area contributed by atoms with Gasteiger partial charge >= 0.3 is 8.97 Å². The lowest BCUT2D eigenvalue weighted by molar-refractivity contribution is -0.123. The molecule has 0 aliphatic carbocycles. The average molecular weight is 221 g/mol. The molecule has 0 heterocycles. The number of carbonyl (C=O) groups is 1. The van der Waals surface area contributed by atoms with E-state index in [1.54, 1.807) is 13.8 Å². The van der Waals surface area contributed by atoms with Gasteiger partial charge in [-0.3, -0.25) is 4.79 Å². The fourth-order valence-electron chi connectivity index (χ4n) is 0.624. The predicted octanol–water partition coefficient (Wildman–Crippen LogP) is -0.149. The van der Waals surface area contributed by atoms with E-state index in [9.17, 15) is 14.4 Å². The molecule has 14 heavy (non-hydrogen) atoms. The Bertz CT molecular complexity index is 194. The van der Waals surface area contributed by atoms with Crippen LogP contribution in [0.2, 0.25) is 0 Å². The number of hydrogen-bond acceptors (Lipinski definition) is 4. The lowest BCUT2D eigenvalue weighted by Crippen LogP contribution is -2.58. The molecule has 0 aliphatic heterocycles. The summed E-state index contributed by atoms with van der Waals surface area (Å²) in [5.74, 6) is -0.508. The molecule has 0 saturated heterocycles. The highest BCUT2D eigenvalue weighted by Gasteiger charge is 2.36. The van der Waals surface area contributed by atoms with Gasteiger partial charge in [0, 0.05) is 12.5 Å². The Hall–Kier alpha value is -0.433. The van der Waals surface area contributed by atoms with Crippen LogP contribution in [0.25, 0.3) is 0 Å². The largest absolute Gasteiger partial charge is 0.627 e. The second-order valence-electron chi connectivity index (χ2n) is 3.96. The van der Waals surface area contributed by atoms with Crippen LogP contribution in [-0.2, 0) is 9.22 Å². The number of hydrogen-bond donors (Lipinski definition) is 3. The first-order valence-electron chi connectivity index (χ1n) is 4.65. The van der Waals surface area contributed by atoms with E-state index in [1.165, 1.54) is 0 Å². The van der Waals surface area contributed by atoms with Crippen LogP contribution in [-0.4, -0.2) is 31.1 Å². The van der Waals surface area contributed by atoms with Crippen LogP contribution in [0.15, 0.2) is 0 Å². The molecule has 0 aromatic heterocycles. The summed E-state index contributed by atoms with van der Waals surface area (Å²) in [7, 11) is -3.99. The summed E-state index contributed by atoms with van der Waals surface area (Å²) in [5.41, 5.74) is 0. The minimum Gasteiger partial charge on any atom is -0.373 e. The maximum absolute atomic E-state index is 11.1. The van der Waals surface area contributed by atoms with E-state index in [1.807, 2.05) is 13.8 Å². The van der Waals surface area contributed by atoms with Gasteiger partial charge in [-0.05, 0) is 5.92 Å². The van der Waals surface area contributed by atoms with Crippen LogP contribution in [0.1, 0.15) is 27.7 Å². The zero-order valence-electron chi connectivity index (χ0n) is 9.07. The lowest BCUT2D eigenvalue weighted by Gasteiger charge is -2.20. The quantitative estimate of drug-likeness (QED) is 0.564. The molecule has 0 spiro atoms. The molecule has 0 unspecified atom stereocenters. The van der Waals surface area contributed by atoms with Gasteiger partial charge in [0.1, 0.15) is 0 Å². The molecule has 0 aromatic carbocycles. The fraction of sp³-hybridized carbons (Fsp3) is 0.875. The highest BCUT2D eigenvalue weighted by Crippen LogP contribution is 2.00. The van der Waals surface area contributed by atoms with E-state index in [2.05, 4.69) is 4.98 Å². The van der Waals surface area contributed by atoms with Crippen LogP contribution >= 0.6 is 0 Å². The fourth-order valence-corrected chi connectivity index (χ4v) is 1.87. The third-order valence-electron chi connectivity index (χ3n) is 1.43. The highest BCUT2D eigenvalue weighted by atomic mass is 28.4. The van der Waals surface area contributed by atoms with Crippen LogP contribution in [0.5, 0.6) is 0 Å². The SMILES string of the molecule is CC(C)CO[Si](O)(O)NC(=O)C(C)C.